The van der Waals surface area contributed by atoms with E-state index in [0.29, 0.717) is 6.42 Å². The summed E-state index contributed by atoms with van der Waals surface area (Å²) in [6.07, 6.45) is -0.0723. The van der Waals surface area contributed by atoms with Gasteiger partial charge in [0.25, 0.3) is 0 Å². The summed E-state index contributed by atoms with van der Waals surface area (Å²) in [5.41, 5.74) is 3.76. The second-order valence-corrected chi connectivity index (χ2v) is 7.25. The van der Waals surface area contributed by atoms with Crippen molar-refractivity contribution in [1.29, 1.82) is 0 Å². The van der Waals surface area contributed by atoms with Crippen molar-refractivity contribution < 1.29 is 14.3 Å². The van der Waals surface area contributed by atoms with E-state index < -0.39 is 12.1 Å². The zero-order valence-corrected chi connectivity index (χ0v) is 16.4. The van der Waals surface area contributed by atoms with E-state index in [2.05, 4.69) is 10.6 Å². The molecule has 0 aliphatic rings. The second-order valence-electron chi connectivity index (χ2n) is 7.25. The minimum Gasteiger partial charge on any atom is -0.445 e. The Bertz CT molecular complexity index is 752. The van der Waals surface area contributed by atoms with Crippen molar-refractivity contribution in [3.05, 3.63) is 65.2 Å². The van der Waals surface area contributed by atoms with E-state index in [0.717, 1.165) is 22.4 Å². The summed E-state index contributed by atoms with van der Waals surface area (Å²) in [7, 11) is 0. The molecule has 0 radical (unpaired) electrons. The summed E-state index contributed by atoms with van der Waals surface area (Å²) >= 11 is 0. The van der Waals surface area contributed by atoms with Crippen molar-refractivity contribution >= 4 is 17.7 Å². The van der Waals surface area contributed by atoms with Gasteiger partial charge in [-0.15, -0.1) is 0 Å². The average molecular weight is 368 g/mol. The molecule has 0 heterocycles. The van der Waals surface area contributed by atoms with Gasteiger partial charge in [0.15, 0.2) is 0 Å². The first kappa shape index (κ1) is 20.5. The minimum absolute atomic E-state index is 0.166. The summed E-state index contributed by atoms with van der Waals surface area (Å²) in [4.78, 5) is 24.9. The molecule has 0 spiro atoms. The summed E-state index contributed by atoms with van der Waals surface area (Å²) in [5.74, 6) is -0.000204. The maximum Gasteiger partial charge on any atom is 0.408 e. The first-order chi connectivity index (χ1) is 12.8. The molecule has 5 heteroatoms. The van der Waals surface area contributed by atoms with Crippen molar-refractivity contribution in [2.75, 3.05) is 5.32 Å². The fraction of sp³-hybridized carbons (Fsp3) is 0.364. The molecule has 2 aromatic carbocycles. The Morgan fingerprint density at radius 3 is 2.22 bits per heavy atom. The van der Waals surface area contributed by atoms with Crippen LogP contribution in [0.1, 0.15) is 37.0 Å². The number of hydrogen-bond acceptors (Lipinski definition) is 3. The van der Waals surface area contributed by atoms with Crippen LogP contribution in [-0.4, -0.2) is 18.0 Å². The molecule has 5 nitrogen and oxygen atoms in total. The van der Waals surface area contributed by atoms with Crippen molar-refractivity contribution in [2.45, 2.75) is 46.8 Å². The molecule has 144 valence electrons. The van der Waals surface area contributed by atoms with Gasteiger partial charge in [-0.25, -0.2) is 4.79 Å². The highest BCUT2D eigenvalue weighted by molar-refractivity contribution is 5.96. The minimum atomic E-state index is -0.658. The monoisotopic (exact) mass is 368 g/mol. The number of nitrogens with one attached hydrogen (secondary N) is 2. The zero-order chi connectivity index (χ0) is 19.8. The molecule has 2 rings (SSSR count). The highest BCUT2D eigenvalue weighted by atomic mass is 16.5. The van der Waals surface area contributed by atoms with Crippen LogP contribution in [-0.2, 0) is 16.1 Å². The van der Waals surface area contributed by atoms with E-state index in [1.807, 2.05) is 76.2 Å². The SMILES string of the molecule is Cc1cc(C)cc(NC(=O)[C@H](CC(C)C)NC(=O)OCc2ccccc2)c1. The zero-order valence-electron chi connectivity index (χ0n) is 16.4. The molecule has 0 unspecified atom stereocenters. The Morgan fingerprint density at radius 1 is 1.00 bits per heavy atom. The number of amides is 2. The lowest BCUT2D eigenvalue weighted by Crippen LogP contribution is -2.44. The number of hydrogen-bond donors (Lipinski definition) is 2. The van der Waals surface area contributed by atoms with Gasteiger partial charge in [-0.3, -0.25) is 4.79 Å². The van der Waals surface area contributed by atoms with E-state index in [9.17, 15) is 9.59 Å². The van der Waals surface area contributed by atoms with Gasteiger partial charge in [-0.2, -0.15) is 0 Å². The van der Waals surface area contributed by atoms with Crippen LogP contribution < -0.4 is 10.6 Å². The molecule has 1 atom stereocenters. The number of alkyl carbamates (subject to hydrolysis) is 1. The van der Waals surface area contributed by atoms with Gasteiger partial charge in [0.2, 0.25) is 5.91 Å². The fourth-order valence-electron chi connectivity index (χ4n) is 2.89. The molecule has 2 N–H and O–H groups in total. The van der Waals surface area contributed by atoms with Gasteiger partial charge in [0.05, 0.1) is 0 Å². The molecule has 0 saturated carbocycles. The molecule has 0 bridgehead atoms. The van der Waals surface area contributed by atoms with Crippen molar-refractivity contribution in [2.24, 2.45) is 5.92 Å². The van der Waals surface area contributed by atoms with Gasteiger partial charge < -0.3 is 15.4 Å². The van der Waals surface area contributed by atoms with Crippen LogP contribution in [0.25, 0.3) is 0 Å². The molecule has 0 aliphatic carbocycles. The van der Waals surface area contributed by atoms with Crippen LogP contribution in [0.2, 0.25) is 0 Å². The van der Waals surface area contributed by atoms with Crippen molar-refractivity contribution in [3.63, 3.8) is 0 Å². The number of carbonyl (C=O) groups excluding carboxylic acids is 2. The number of ether oxygens (including phenoxy) is 1. The largest absolute Gasteiger partial charge is 0.445 e. The Balaban J connectivity index is 1.98. The van der Waals surface area contributed by atoms with E-state index in [1.165, 1.54) is 0 Å². The molecule has 2 amide bonds. The Labute approximate surface area is 161 Å². The molecular weight excluding hydrogens is 340 g/mol. The van der Waals surface area contributed by atoms with Crippen LogP contribution in [0.15, 0.2) is 48.5 Å². The third-order valence-electron chi connectivity index (χ3n) is 4.02. The second kappa shape index (κ2) is 9.76. The van der Waals surface area contributed by atoms with Gasteiger partial charge in [-0.05, 0) is 55.0 Å². The number of anilines is 1. The molecule has 27 heavy (non-hydrogen) atoms. The Hall–Kier alpha value is -2.82. The number of aryl methyl sites for hydroxylation is 2. The summed E-state index contributed by atoms with van der Waals surface area (Å²) in [5, 5.41) is 5.59. The van der Waals surface area contributed by atoms with Crippen molar-refractivity contribution in [1.82, 2.24) is 5.32 Å². The van der Waals surface area contributed by atoms with Crippen LogP contribution in [0.4, 0.5) is 10.5 Å². The van der Waals surface area contributed by atoms with Gasteiger partial charge in [-0.1, -0.05) is 50.2 Å². The highest BCUT2D eigenvalue weighted by Crippen LogP contribution is 2.15. The van der Waals surface area contributed by atoms with E-state index in [-0.39, 0.29) is 18.4 Å². The lowest BCUT2D eigenvalue weighted by Gasteiger charge is -2.20. The Morgan fingerprint density at radius 2 is 1.63 bits per heavy atom. The average Bonchev–Trinajstić information content (AvgIpc) is 2.59. The lowest BCUT2D eigenvalue weighted by molar-refractivity contribution is -0.118. The highest BCUT2D eigenvalue weighted by Gasteiger charge is 2.23. The third kappa shape index (κ3) is 7.13. The van der Waals surface area contributed by atoms with E-state index in [1.54, 1.807) is 0 Å². The predicted octanol–water partition coefficient (Wildman–Crippen LogP) is 4.58. The Kier molecular flexibility index (Phi) is 7.41. The smallest absolute Gasteiger partial charge is 0.408 e. The van der Waals surface area contributed by atoms with Crippen LogP contribution in [0.5, 0.6) is 0 Å². The van der Waals surface area contributed by atoms with Gasteiger partial charge in [0.1, 0.15) is 12.6 Å². The number of benzene rings is 2. The maximum atomic E-state index is 12.7. The first-order valence-electron chi connectivity index (χ1n) is 9.20. The van der Waals surface area contributed by atoms with Crippen molar-refractivity contribution in [3.8, 4) is 0 Å². The first-order valence-corrected chi connectivity index (χ1v) is 9.20. The standard InChI is InChI=1S/C22H28N2O3/c1-15(2)10-20(21(25)23-19-12-16(3)11-17(4)13-19)24-22(26)27-14-18-8-6-5-7-9-18/h5-9,11-13,15,20H,10,14H2,1-4H3,(H,23,25)(H,24,26)/t20-/m0/s1. The normalized spacial score (nSPS) is 11.7. The molecule has 0 fully saturated rings. The molecule has 0 aliphatic heterocycles. The molecule has 2 aromatic rings. The van der Waals surface area contributed by atoms with E-state index >= 15 is 0 Å². The maximum absolute atomic E-state index is 12.7. The van der Waals surface area contributed by atoms with Gasteiger partial charge in [0, 0.05) is 5.69 Å². The quantitative estimate of drug-likeness (QED) is 0.751. The summed E-state index contributed by atoms with van der Waals surface area (Å²) in [6, 6.07) is 14.6. The lowest BCUT2D eigenvalue weighted by atomic mass is 10.0. The van der Waals surface area contributed by atoms with Crippen LogP contribution in [0, 0.1) is 19.8 Å². The number of carbonyl (C=O) groups is 2. The third-order valence-corrected chi connectivity index (χ3v) is 4.02. The van der Waals surface area contributed by atoms with E-state index in [4.69, 9.17) is 4.74 Å². The van der Waals surface area contributed by atoms with Crippen LogP contribution in [0.3, 0.4) is 0 Å². The number of rotatable bonds is 7. The fourth-order valence-corrected chi connectivity index (χ4v) is 2.89. The summed E-state index contributed by atoms with van der Waals surface area (Å²) < 4.78 is 5.25. The van der Waals surface area contributed by atoms with Gasteiger partial charge >= 0.3 is 6.09 Å². The molecule has 0 aromatic heterocycles. The predicted molar refractivity (Wildman–Crippen MR) is 108 cm³/mol. The topological polar surface area (TPSA) is 67.4 Å². The molecule has 0 saturated heterocycles. The molecular formula is C22H28N2O3. The van der Waals surface area contributed by atoms with Crippen LogP contribution >= 0.6 is 0 Å². The summed E-state index contributed by atoms with van der Waals surface area (Å²) in [6.45, 7) is 8.14.